The van der Waals surface area contributed by atoms with E-state index in [2.05, 4.69) is 0 Å². The molecule has 0 spiro atoms. The lowest BCUT2D eigenvalue weighted by molar-refractivity contribution is -0.145. The lowest BCUT2D eigenvalue weighted by atomic mass is 9.83. The lowest BCUT2D eigenvalue weighted by Crippen LogP contribution is -2.34. The quantitative estimate of drug-likeness (QED) is 0.675. The second-order valence-corrected chi connectivity index (χ2v) is 7.04. The van der Waals surface area contributed by atoms with Gasteiger partial charge < -0.3 is 10.5 Å². The van der Waals surface area contributed by atoms with Crippen LogP contribution in [0.25, 0.3) is 0 Å². The van der Waals surface area contributed by atoms with Crippen LogP contribution in [0, 0.1) is 5.92 Å². The van der Waals surface area contributed by atoms with Gasteiger partial charge in [-0.25, -0.2) is 8.42 Å². The molecule has 0 radical (unpaired) electrons. The van der Waals surface area contributed by atoms with Crippen molar-refractivity contribution in [2.75, 3.05) is 18.6 Å². The summed E-state index contributed by atoms with van der Waals surface area (Å²) in [6.07, 6.45) is 5.86. The molecule has 0 aromatic rings. The minimum Gasteiger partial charge on any atom is -0.465 e. The van der Waals surface area contributed by atoms with E-state index in [-0.39, 0.29) is 12.2 Å². The van der Waals surface area contributed by atoms with Gasteiger partial charge in [0.05, 0.1) is 12.4 Å². The van der Waals surface area contributed by atoms with E-state index in [9.17, 15) is 13.2 Å². The van der Waals surface area contributed by atoms with E-state index in [0.29, 0.717) is 12.5 Å². The highest BCUT2D eigenvalue weighted by atomic mass is 32.2. The van der Waals surface area contributed by atoms with E-state index in [1.54, 1.807) is 0 Å². The second kappa shape index (κ2) is 6.35. The number of hydrogen-bond donors (Lipinski definition) is 1. The molecule has 1 rings (SSSR count). The monoisotopic (exact) mass is 263 g/mol. The van der Waals surface area contributed by atoms with Crippen molar-refractivity contribution >= 4 is 15.8 Å². The first-order valence-electron chi connectivity index (χ1n) is 5.98. The summed E-state index contributed by atoms with van der Waals surface area (Å²) in [6, 6.07) is -0.828. The minimum atomic E-state index is -3.07. The molecule has 5 nitrogen and oxygen atoms in total. The first-order valence-corrected chi connectivity index (χ1v) is 8.04. The summed E-state index contributed by atoms with van der Waals surface area (Å²) >= 11 is 0. The molecule has 0 amide bonds. The number of hydrogen-bond acceptors (Lipinski definition) is 5. The van der Waals surface area contributed by atoms with Gasteiger partial charge in [0.25, 0.3) is 0 Å². The van der Waals surface area contributed by atoms with Gasteiger partial charge in [-0.15, -0.1) is 0 Å². The van der Waals surface area contributed by atoms with Crippen molar-refractivity contribution in [2.24, 2.45) is 11.7 Å². The third-order valence-electron chi connectivity index (χ3n) is 3.10. The minimum absolute atomic E-state index is 0.0775. The summed E-state index contributed by atoms with van der Waals surface area (Å²) in [5.41, 5.74) is 5.55. The van der Waals surface area contributed by atoms with Crippen LogP contribution in [0.3, 0.4) is 0 Å². The van der Waals surface area contributed by atoms with E-state index < -0.39 is 21.8 Å². The Kier molecular flexibility index (Phi) is 5.39. The van der Waals surface area contributed by atoms with Crippen LogP contribution in [0.5, 0.6) is 0 Å². The number of carbonyl (C=O) groups is 1. The van der Waals surface area contributed by atoms with Crippen LogP contribution in [0.2, 0.25) is 0 Å². The van der Waals surface area contributed by atoms with Gasteiger partial charge >= 0.3 is 5.97 Å². The predicted molar refractivity (Wildman–Crippen MR) is 65.2 cm³/mol. The average molecular weight is 263 g/mol. The fourth-order valence-electron chi connectivity index (χ4n) is 1.67. The molecule has 1 fully saturated rings. The van der Waals surface area contributed by atoms with E-state index >= 15 is 0 Å². The SMILES string of the molecule is CS(=O)(=O)CCC(N)C(=O)OCCC1CCC1. The van der Waals surface area contributed by atoms with Gasteiger partial charge in [-0.1, -0.05) is 19.3 Å². The van der Waals surface area contributed by atoms with Crippen LogP contribution in [0.1, 0.15) is 32.1 Å². The summed E-state index contributed by atoms with van der Waals surface area (Å²) in [4.78, 5) is 11.4. The predicted octanol–water partition coefficient (Wildman–Crippen LogP) is 0.482. The Bertz CT molecular complexity index is 348. The summed E-state index contributed by atoms with van der Waals surface area (Å²) in [5, 5.41) is 0. The summed E-state index contributed by atoms with van der Waals surface area (Å²) in [6.45, 7) is 0.399. The number of nitrogens with two attached hydrogens (primary N) is 1. The largest absolute Gasteiger partial charge is 0.465 e. The van der Waals surface area contributed by atoms with Gasteiger partial charge in [0.2, 0.25) is 0 Å². The Morgan fingerprint density at radius 1 is 1.47 bits per heavy atom. The molecule has 1 atom stereocenters. The highest BCUT2D eigenvalue weighted by Gasteiger charge is 2.20. The standard InChI is InChI=1S/C11H21NO4S/c1-17(14,15)8-6-10(12)11(13)16-7-5-9-3-2-4-9/h9-10H,2-8,12H2,1H3. The van der Waals surface area contributed by atoms with E-state index in [1.807, 2.05) is 0 Å². The van der Waals surface area contributed by atoms with E-state index in [1.165, 1.54) is 19.3 Å². The van der Waals surface area contributed by atoms with Crippen LogP contribution in [-0.4, -0.2) is 39.0 Å². The van der Waals surface area contributed by atoms with Gasteiger partial charge in [0, 0.05) is 6.26 Å². The van der Waals surface area contributed by atoms with Crippen molar-refractivity contribution in [3.05, 3.63) is 0 Å². The maximum Gasteiger partial charge on any atom is 0.322 e. The zero-order valence-corrected chi connectivity index (χ0v) is 11.0. The van der Waals surface area contributed by atoms with E-state index in [0.717, 1.165) is 12.7 Å². The number of sulfone groups is 1. The van der Waals surface area contributed by atoms with Gasteiger partial charge in [0.15, 0.2) is 0 Å². The smallest absolute Gasteiger partial charge is 0.322 e. The molecule has 0 aliphatic heterocycles. The zero-order valence-electron chi connectivity index (χ0n) is 10.2. The first kappa shape index (κ1) is 14.4. The van der Waals surface area contributed by atoms with Gasteiger partial charge in [-0.3, -0.25) is 4.79 Å². The van der Waals surface area contributed by atoms with Crippen molar-refractivity contribution in [1.82, 2.24) is 0 Å². The summed E-state index contributed by atoms with van der Waals surface area (Å²) in [5.74, 6) is 0.120. The molecule has 17 heavy (non-hydrogen) atoms. The number of esters is 1. The Morgan fingerprint density at radius 3 is 2.59 bits per heavy atom. The van der Waals surface area contributed by atoms with Crippen molar-refractivity contribution in [1.29, 1.82) is 0 Å². The summed E-state index contributed by atoms with van der Waals surface area (Å²) < 4.78 is 26.8. The third-order valence-corrected chi connectivity index (χ3v) is 4.07. The van der Waals surface area contributed by atoms with Crippen LogP contribution in [0.15, 0.2) is 0 Å². The fraction of sp³-hybridized carbons (Fsp3) is 0.909. The van der Waals surface area contributed by atoms with Crippen LogP contribution in [-0.2, 0) is 19.4 Å². The van der Waals surface area contributed by atoms with Crippen molar-refractivity contribution in [3.63, 3.8) is 0 Å². The molecule has 0 aromatic carbocycles. The molecule has 1 saturated carbocycles. The topological polar surface area (TPSA) is 86.5 Å². The molecule has 0 heterocycles. The lowest BCUT2D eigenvalue weighted by Gasteiger charge is -2.25. The normalized spacial score (nSPS) is 18.5. The van der Waals surface area contributed by atoms with Crippen molar-refractivity contribution < 1.29 is 17.9 Å². The molecule has 0 aromatic heterocycles. The Morgan fingerprint density at radius 2 is 2.12 bits per heavy atom. The van der Waals surface area contributed by atoms with Crippen molar-refractivity contribution in [3.8, 4) is 0 Å². The fourth-order valence-corrected chi connectivity index (χ4v) is 2.36. The molecule has 0 saturated heterocycles. The molecule has 100 valence electrons. The van der Waals surface area contributed by atoms with Crippen LogP contribution in [0.4, 0.5) is 0 Å². The Balaban J connectivity index is 2.12. The maximum atomic E-state index is 11.4. The average Bonchev–Trinajstić information content (AvgIpc) is 2.16. The number of ether oxygens (including phenoxy) is 1. The van der Waals surface area contributed by atoms with Gasteiger partial charge in [-0.05, 0) is 18.8 Å². The summed E-state index contributed by atoms with van der Waals surface area (Å²) in [7, 11) is -3.07. The number of carbonyl (C=O) groups excluding carboxylic acids is 1. The van der Waals surface area contributed by atoms with Crippen molar-refractivity contribution in [2.45, 2.75) is 38.1 Å². The first-order chi connectivity index (χ1) is 7.88. The molecule has 0 bridgehead atoms. The Hall–Kier alpha value is -0.620. The van der Waals surface area contributed by atoms with Gasteiger partial charge in [0.1, 0.15) is 15.9 Å². The Labute approximate surface area is 103 Å². The van der Waals surface area contributed by atoms with Crippen LogP contribution >= 0.6 is 0 Å². The molecule has 1 aliphatic rings. The van der Waals surface area contributed by atoms with Crippen LogP contribution < -0.4 is 5.73 Å². The molecule has 6 heteroatoms. The molecule has 1 unspecified atom stereocenters. The second-order valence-electron chi connectivity index (χ2n) is 4.78. The molecule has 1 aliphatic carbocycles. The third kappa shape index (κ3) is 6.02. The highest BCUT2D eigenvalue weighted by Crippen LogP contribution is 2.29. The van der Waals surface area contributed by atoms with Gasteiger partial charge in [-0.2, -0.15) is 0 Å². The zero-order chi connectivity index (χ0) is 12.9. The highest BCUT2D eigenvalue weighted by molar-refractivity contribution is 7.90. The molecule has 2 N–H and O–H groups in total. The maximum absolute atomic E-state index is 11.4. The molecular weight excluding hydrogens is 242 g/mol. The number of rotatable bonds is 7. The molecular formula is C11H21NO4S. The van der Waals surface area contributed by atoms with E-state index in [4.69, 9.17) is 10.5 Å².